The summed E-state index contributed by atoms with van der Waals surface area (Å²) in [5.74, 6) is -1.26. The van der Waals surface area contributed by atoms with Crippen LogP contribution >= 0.6 is 0 Å². The lowest BCUT2D eigenvalue weighted by Crippen LogP contribution is -2.44. The van der Waals surface area contributed by atoms with Gasteiger partial charge in [0.15, 0.2) is 0 Å². The van der Waals surface area contributed by atoms with Crippen molar-refractivity contribution in [3.63, 3.8) is 0 Å². The van der Waals surface area contributed by atoms with Crippen molar-refractivity contribution in [2.45, 2.75) is 46.1 Å². The Bertz CT molecular complexity index is 990. The summed E-state index contributed by atoms with van der Waals surface area (Å²) in [6.45, 7) is 6.24. The van der Waals surface area contributed by atoms with Crippen LogP contribution in [-0.4, -0.2) is 30.3 Å². The number of anilines is 2. The van der Waals surface area contributed by atoms with E-state index in [0.29, 0.717) is 31.4 Å². The highest BCUT2D eigenvalue weighted by Crippen LogP contribution is 2.27. The molecule has 1 aliphatic heterocycles. The highest BCUT2D eigenvalue weighted by molar-refractivity contribution is 6.02. The van der Waals surface area contributed by atoms with Gasteiger partial charge in [0.25, 0.3) is 5.91 Å². The average molecular weight is 426 g/mol. The minimum Gasteiger partial charge on any atom is -0.340 e. The molecule has 0 aliphatic carbocycles. The van der Waals surface area contributed by atoms with Gasteiger partial charge in [0.05, 0.1) is 5.69 Å². The minimum atomic E-state index is -0.769. The van der Waals surface area contributed by atoms with Crippen LogP contribution in [0.1, 0.15) is 49.0 Å². The molecule has 3 rings (SSSR count). The molecule has 0 radical (unpaired) electrons. The number of hydrogen-bond donors (Lipinski definition) is 2. The van der Waals surface area contributed by atoms with Crippen molar-refractivity contribution in [3.05, 3.63) is 59.4 Å². The van der Waals surface area contributed by atoms with Gasteiger partial charge in [0, 0.05) is 24.2 Å². The average Bonchev–Trinajstić information content (AvgIpc) is 3.13. The topological polar surface area (TPSA) is 78.5 Å². The van der Waals surface area contributed by atoms with Crippen molar-refractivity contribution < 1.29 is 18.8 Å². The van der Waals surface area contributed by atoms with Gasteiger partial charge < -0.3 is 15.5 Å². The Labute approximate surface area is 181 Å². The predicted octanol–water partition coefficient (Wildman–Crippen LogP) is 4.04. The van der Waals surface area contributed by atoms with E-state index < -0.39 is 17.8 Å². The van der Waals surface area contributed by atoms with Crippen molar-refractivity contribution in [2.24, 2.45) is 5.92 Å². The normalized spacial score (nSPS) is 14.6. The highest BCUT2D eigenvalue weighted by atomic mass is 19.1. The Morgan fingerprint density at radius 2 is 1.90 bits per heavy atom. The second kappa shape index (κ2) is 9.73. The Hall–Kier alpha value is -3.22. The number of benzene rings is 2. The Morgan fingerprint density at radius 3 is 2.52 bits per heavy atom. The van der Waals surface area contributed by atoms with Gasteiger partial charge in [-0.15, -0.1) is 0 Å². The molecule has 1 aliphatic rings. The minimum absolute atomic E-state index is 0.105. The fraction of sp³-hybridized carbons (Fsp3) is 0.375. The molecule has 1 atom stereocenters. The number of aryl methyl sites for hydroxylation is 1. The first-order chi connectivity index (χ1) is 14.8. The van der Waals surface area contributed by atoms with Crippen molar-refractivity contribution in [1.29, 1.82) is 0 Å². The third-order valence-electron chi connectivity index (χ3n) is 5.30. The zero-order valence-corrected chi connectivity index (χ0v) is 18.1. The first kappa shape index (κ1) is 22.5. The van der Waals surface area contributed by atoms with Crippen molar-refractivity contribution in [2.75, 3.05) is 16.8 Å². The highest BCUT2D eigenvalue weighted by Gasteiger charge is 2.26. The SMILES string of the molecule is Cc1ccccc1C(=O)NC(CC(C)C)C(=O)Nc1ccc(N2CCCC2=O)c(F)c1. The van der Waals surface area contributed by atoms with Gasteiger partial charge in [-0.3, -0.25) is 14.4 Å². The molecule has 0 bridgehead atoms. The molecule has 164 valence electrons. The largest absolute Gasteiger partial charge is 0.340 e. The fourth-order valence-electron chi connectivity index (χ4n) is 3.70. The molecule has 1 fully saturated rings. The van der Waals surface area contributed by atoms with Crippen LogP contribution in [0.4, 0.5) is 15.8 Å². The monoisotopic (exact) mass is 425 g/mol. The van der Waals surface area contributed by atoms with Gasteiger partial charge >= 0.3 is 0 Å². The van der Waals surface area contributed by atoms with Crippen molar-refractivity contribution in [1.82, 2.24) is 5.32 Å². The number of nitrogens with zero attached hydrogens (tertiary/aromatic N) is 1. The lowest BCUT2D eigenvalue weighted by atomic mass is 10.0. The maximum absolute atomic E-state index is 14.6. The molecular formula is C24H28FN3O3. The van der Waals surface area contributed by atoms with Gasteiger partial charge in [0.2, 0.25) is 11.8 Å². The molecular weight excluding hydrogens is 397 g/mol. The molecule has 1 saturated heterocycles. The summed E-state index contributed by atoms with van der Waals surface area (Å²) in [5.41, 5.74) is 1.82. The number of halogens is 1. The number of carbonyl (C=O) groups excluding carboxylic acids is 3. The Balaban J connectivity index is 1.73. The molecule has 7 heteroatoms. The Kier molecular flexibility index (Phi) is 7.05. The zero-order valence-electron chi connectivity index (χ0n) is 18.1. The number of carbonyl (C=O) groups is 3. The summed E-state index contributed by atoms with van der Waals surface area (Å²) in [6, 6.07) is 10.7. The van der Waals surface area contributed by atoms with E-state index in [1.165, 1.54) is 17.0 Å². The van der Waals surface area contributed by atoms with E-state index in [9.17, 15) is 18.8 Å². The lowest BCUT2D eigenvalue weighted by molar-refractivity contribution is -0.118. The summed E-state index contributed by atoms with van der Waals surface area (Å²) in [6.07, 6.45) is 1.55. The second-order valence-electron chi connectivity index (χ2n) is 8.27. The van der Waals surface area contributed by atoms with Crippen molar-refractivity contribution in [3.8, 4) is 0 Å². The van der Waals surface area contributed by atoms with Crippen LogP contribution in [0.3, 0.4) is 0 Å². The van der Waals surface area contributed by atoms with E-state index in [0.717, 1.165) is 5.56 Å². The summed E-state index contributed by atoms with van der Waals surface area (Å²) in [7, 11) is 0. The lowest BCUT2D eigenvalue weighted by Gasteiger charge is -2.21. The Morgan fingerprint density at radius 1 is 1.16 bits per heavy atom. The molecule has 6 nitrogen and oxygen atoms in total. The molecule has 0 aromatic heterocycles. The van der Waals surface area contributed by atoms with Crippen LogP contribution in [0.2, 0.25) is 0 Å². The summed E-state index contributed by atoms with van der Waals surface area (Å²) >= 11 is 0. The van der Waals surface area contributed by atoms with E-state index in [-0.39, 0.29) is 29.1 Å². The van der Waals surface area contributed by atoms with Gasteiger partial charge in [-0.2, -0.15) is 0 Å². The summed E-state index contributed by atoms with van der Waals surface area (Å²) in [4.78, 5) is 38.9. The number of nitrogens with one attached hydrogen (secondary N) is 2. The van der Waals surface area contributed by atoms with E-state index >= 15 is 0 Å². The fourth-order valence-corrected chi connectivity index (χ4v) is 3.70. The quantitative estimate of drug-likeness (QED) is 0.703. The first-order valence-electron chi connectivity index (χ1n) is 10.5. The molecule has 2 aromatic rings. The summed E-state index contributed by atoms with van der Waals surface area (Å²) < 4.78 is 14.6. The maximum Gasteiger partial charge on any atom is 0.252 e. The van der Waals surface area contributed by atoms with Crippen LogP contribution < -0.4 is 15.5 Å². The van der Waals surface area contributed by atoms with Crippen LogP contribution in [-0.2, 0) is 9.59 Å². The van der Waals surface area contributed by atoms with Crippen LogP contribution in [0, 0.1) is 18.7 Å². The van der Waals surface area contributed by atoms with E-state index in [4.69, 9.17) is 0 Å². The standard InChI is InChI=1S/C24H28FN3O3/c1-15(2)13-20(27-23(30)18-8-5-4-7-16(18)3)24(31)26-17-10-11-21(19(25)14-17)28-12-6-9-22(28)29/h4-5,7-8,10-11,14-15,20H,6,9,12-13H2,1-3H3,(H,26,31)(H,27,30). The van der Waals surface area contributed by atoms with Gasteiger partial charge in [-0.05, 0) is 55.5 Å². The van der Waals surface area contributed by atoms with Gasteiger partial charge in [0.1, 0.15) is 11.9 Å². The first-order valence-corrected chi connectivity index (χ1v) is 10.5. The van der Waals surface area contributed by atoms with Crippen molar-refractivity contribution >= 4 is 29.1 Å². The van der Waals surface area contributed by atoms with E-state index in [2.05, 4.69) is 10.6 Å². The third kappa shape index (κ3) is 5.48. The molecule has 1 unspecified atom stereocenters. The summed E-state index contributed by atoms with van der Waals surface area (Å²) in [5, 5.41) is 5.50. The second-order valence-corrected chi connectivity index (χ2v) is 8.27. The molecule has 3 amide bonds. The molecule has 2 aromatic carbocycles. The number of hydrogen-bond acceptors (Lipinski definition) is 3. The molecule has 31 heavy (non-hydrogen) atoms. The van der Waals surface area contributed by atoms with Gasteiger partial charge in [-0.25, -0.2) is 4.39 Å². The van der Waals surface area contributed by atoms with E-state index in [1.807, 2.05) is 32.9 Å². The van der Waals surface area contributed by atoms with Crippen LogP contribution in [0.15, 0.2) is 42.5 Å². The number of amides is 3. The smallest absolute Gasteiger partial charge is 0.252 e. The molecule has 0 saturated carbocycles. The van der Waals surface area contributed by atoms with E-state index in [1.54, 1.807) is 18.2 Å². The maximum atomic E-state index is 14.6. The molecule has 1 heterocycles. The zero-order chi connectivity index (χ0) is 22.5. The predicted molar refractivity (Wildman–Crippen MR) is 119 cm³/mol. The van der Waals surface area contributed by atoms with Gasteiger partial charge in [-0.1, -0.05) is 32.0 Å². The third-order valence-corrected chi connectivity index (χ3v) is 5.30. The number of rotatable bonds is 7. The van der Waals surface area contributed by atoms with Crippen LogP contribution in [0.5, 0.6) is 0 Å². The molecule has 2 N–H and O–H groups in total. The van der Waals surface area contributed by atoms with Crippen LogP contribution in [0.25, 0.3) is 0 Å². The molecule has 0 spiro atoms.